The van der Waals surface area contributed by atoms with E-state index >= 15 is 0 Å². The number of nitrogens with two attached hydrogens (primary N) is 1. The van der Waals surface area contributed by atoms with Gasteiger partial charge in [-0.1, -0.05) is 24.0 Å². The number of hydrogen-bond donors (Lipinski definition) is 2. The third-order valence-electron chi connectivity index (χ3n) is 5.44. The summed E-state index contributed by atoms with van der Waals surface area (Å²) >= 11 is 1.96. The zero-order valence-corrected chi connectivity index (χ0v) is 20.3. The van der Waals surface area contributed by atoms with Crippen LogP contribution in [0, 0.1) is 18.8 Å². The van der Waals surface area contributed by atoms with E-state index in [1.165, 1.54) is 16.7 Å². The molecule has 0 amide bonds. The summed E-state index contributed by atoms with van der Waals surface area (Å²) in [4.78, 5) is 4.62. The topological polar surface area (TPSA) is 68.8 Å². The Bertz CT molecular complexity index is 1160. The van der Waals surface area contributed by atoms with Gasteiger partial charge in [0.2, 0.25) is 0 Å². The monoisotopic (exact) mass is 445 g/mol. The lowest BCUT2D eigenvalue weighted by Gasteiger charge is -2.19. The molecule has 2 atom stereocenters. The van der Waals surface area contributed by atoms with Crippen LogP contribution in [0.1, 0.15) is 55.2 Å². The van der Waals surface area contributed by atoms with Crippen molar-refractivity contribution in [2.24, 2.45) is 5.73 Å². The Hall–Kier alpha value is -2.75. The smallest absolute Gasteiger partial charge is 0.129 e. The molecule has 0 unspecified atom stereocenters. The van der Waals surface area contributed by atoms with Crippen LogP contribution in [-0.4, -0.2) is 32.1 Å². The second kappa shape index (κ2) is 9.01. The van der Waals surface area contributed by atoms with Crippen LogP contribution in [-0.2, 0) is 6.54 Å². The molecule has 1 aliphatic rings. The van der Waals surface area contributed by atoms with Crippen molar-refractivity contribution in [3.63, 3.8) is 0 Å². The van der Waals surface area contributed by atoms with Gasteiger partial charge in [-0.2, -0.15) is 5.10 Å². The van der Waals surface area contributed by atoms with E-state index in [1.54, 1.807) is 0 Å². The van der Waals surface area contributed by atoms with Gasteiger partial charge in [0.15, 0.2) is 0 Å². The van der Waals surface area contributed by atoms with Gasteiger partial charge in [-0.05, 0) is 70.0 Å². The fourth-order valence-electron chi connectivity index (χ4n) is 3.92. The van der Waals surface area contributed by atoms with Gasteiger partial charge in [0.1, 0.15) is 11.5 Å². The van der Waals surface area contributed by atoms with Crippen molar-refractivity contribution >= 4 is 17.6 Å². The largest absolute Gasteiger partial charge is 0.367 e. The molecule has 1 aromatic carbocycles. The zero-order chi connectivity index (χ0) is 22.9. The third-order valence-corrected chi connectivity index (χ3v) is 6.95. The highest BCUT2D eigenvalue weighted by molar-refractivity contribution is 7.99. The number of fused-ring (bicyclic) bond motifs is 1. The van der Waals surface area contributed by atoms with Crippen molar-refractivity contribution in [2.75, 3.05) is 11.1 Å². The molecule has 0 saturated carbocycles. The normalized spacial score (nSPS) is 18.2. The molecular weight excluding hydrogens is 414 g/mol. The van der Waals surface area contributed by atoms with Crippen LogP contribution in [0.25, 0.3) is 11.4 Å². The summed E-state index contributed by atoms with van der Waals surface area (Å²) in [6, 6.07) is 12.8. The fourth-order valence-corrected chi connectivity index (χ4v) is 5.32. The minimum absolute atomic E-state index is 0.160. The number of hydrogen-bond acceptors (Lipinski definition) is 5. The minimum Gasteiger partial charge on any atom is -0.367 e. The third kappa shape index (κ3) is 4.69. The molecule has 0 fully saturated rings. The summed E-state index contributed by atoms with van der Waals surface area (Å²) < 4.78 is 2.08. The van der Waals surface area contributed by atoms with Gasteiger partial charge < -0.3 is 11.1 Å². The summed E-state index contributed by atoms with van der Waals surface area (Å²) in [7, 11) is 0. The molecule has 0 bridgehead atoms. The molecule has 3 N–H and O–H groups in total. The molecule has 3 aromatic rings. The number of aromatic nitrogens is 3. The summed E-state index contributed by atoms with van der Waals surface area (Å²) in [5.41, 5.74) is 12.1. The molecule has 6 heteroatoms. The maximum Gasteiger partial charge on any atom is 0.129 e. The Morgan fingerprint density at radius 3 is 2.75 bits per heavy atom. The van der Waals surface area contributed by atoms with Crippen LogP contribution in [0.5, 0.6) is 0 Å². The van der Waals surface area contributed by atoms with Gasteiger partial charge in [-0.3, -0.25) is 4.98 Å². The maximum atomic E-state index is 6.04. The number of rotatable bonds is 3. The molecule has 0 radical (unpaired) electrons. The fraction of sp³-hybridized carbons (Fsp3) is 0.385. The first kappa shape index (κ1) is 22.4. The van der Waals surface area contributed by atoms with E-state index in [2.05, 4.69) is 65.8 Å². The van der Waals surface area contributed by atoms with E-state index in [-0.39, 0.29) is 5.25 Å². The number of pyridine rings is 1. The first-order chi connectivity index (χ1) is 15.3. The van der Waals surface area contributed by atoms with Gasteiger partial charge in [0.05, 0.1) is 16.5 Å². The van der Waals surface area contributed by atoms with Crippen molar-refractivity contribution in [3.8, 4) is 23.2 Å². The lowest BCUT2D eigenvalue weighted by atomic mass is 9.96. The predicted molar refractivity (Wildman–Crippen MR) is 135 cm³/mol. The van der Waals surface area contributed by atoms with Crippen molar-refractivity contribution in [1.29, 1.82) is 0 Å². The molecule has 0 aliphatic carbocycles. The van der Waals surface area contributed by atoms with E-state index in [0.29, 0.717) is 6.04 Å². The van der Waals surface area contributed by atoms with E-state index in [9.17, 15) is 0 Å². The Morgan fingerprint density at radius 1 is 1.28 bits per heavy atom. The van der Waals surface area contributed by atoms with Gasteiger partial charge in [0.25, 0.3) is 0 Å². The van der Waals surface area contributed by atoms with E-state index in [1.807, 2.05) is 50.0 Å². The summed E-state index contributed by atoms with van der Waals surface area (Å²) in [6.07, 6.45) is 1.83. The van der Waals surface area contributed by atoms with E-state index in [0.717, 1.165) is 35.1 Å². The Kier molecular flexibility index (Phi) is 6.32. The zero-order valence-electron chi connectivity index (χ0n) is 19.4. The number of benzene rings is 1. The number of nitrogens with zero attached hydrogens (tertiary/aromatic N) is 3. The standard InChI is InChI=1S/C26H31N5S/c1-6-31-25-22(23(30-31)21-9-7-8-14-28-21)24(32-16-18(3)29-25)20-11-10-19(15-17(20)2)12-13-26(4,5)27/h7-11,14-15,18,24,29H,6,16,27H2,1-5H3/t18-,24-/m0/s1. The SMILES string of the molecule is CCn1nc(-c2ccccn2)c2c1N[C@@H](C)CS[C@H]2c1ccc(C#CC(C)(C)N)cc1C. The second-order valence-electron chi connectivity index (χ2n) is 8.94. The first-order valence-electron chi connectivity index (χ1n) is 11.1. The highest BCUT2D eigenvalue weighted by atomic mass is 32.2. The van der Waals surface area contributed by atoms with Crippen LogP contribution in [0.3, 0.4) is 0 Å². The van der Waals surface area contributed by atoms with Crippen molar-refractivity contribution in [3.05, 3.63) is 64.8 Å². The van der Waals surface area contributed by atoms with Gasteiger partial charge in [-0.25, -0.2) is 4.68 Å². The average Bonchev–Trinajstić information content (AvgIpc) is 3.02. The molecule has 1 aliphatic heterocycles. The van der Waals surface area contributed by atoms with Gasteiger partial charge in [-0.15, -0.1) is 11.8 Å². The lowest BCUT2D eigenvalue weighted by molar-refractivity contribution is 0.660. The molecule has 2 aromatic heterocycles. The lowest BCUT2D eigenvalue weighted by Crippen LogP contribution is -2.29. The first-order valence-corrected chi connectivity index (χ1v) is 12.1. The van der Waals surface area contributed by atoms with Gasteiger partial charge >= 0.3 is 0 Å². The minimum atomic E-state index is -0.507. The maximum absolute atomic E-state index is 6.04. The average molecular weight is 446 g/mol. The molecule has 32 heavy (non-hydrogen) atoms. The van der Waals surface area contributed by atoms with Gasteiger partial charge in [0, 0.05) is 35.7 Å². The highest BCUT2D eigenvalue weighted by Gasteiger charge is 2.32. The molecule has 5 nitrogen and oxygen atoms in total. The predicted octanol–water partition coefficient (Wildman–Crippen LogP) is 5.00. The number of nitrogens with one attached hydrogen (secondary N) is 1. The molecule has 166 valence electrons. The summed E-state index contributed by atoms with van der Waals surface area (Å²) in [6.45, 7) is 11.2. The van der Waals surface area contributed by atoms with Crippen molar-refractivity contribution in [1.82, 2.24) is 14.8 Å². The van der Waals surface area contributed by atoms with Crippen LogP contribution in [0.2, 0.25) is 0 Å². The van der Waals surface area contributed by atoms with E-state index in [4.69, 9.17) is 10.8 Å². The summed E-state index contributed by atoms with van der Waals surface area (Å²) in [5, 5.41) is 8.85. The van der Waals surface area contributed by atoms with Crippen LogP contribution in [0.4, 0.5) is 5.82 Å². The van der Waals surface area contributed by atoms with Crippen molar-refractivity contribution in [2.45, 2.75) is 58.0 Å². The number of anilines is 1. The van der Waals surface area contributed by atoms with E-state index < -0.39 is 5.54 Å². The molecule has 3 heterocycles. The Balaban J connectivity index is 1.85. The van der Waals surface area contributed by atoms with Crippen molar-refractivity contribution < 1.29 is 0 Å². The number of thioether (sulfide) groups is 1. The molecule has 4 rings (SSSR count). The quantitative estimate of drug-likeness (QED) is 0.555. The van der Waals surface area contributed by atoms with Crippen LogP contribution < -0.4 is 11.1 Å². The molecular formula is C26H31N5S. The Labute approximate surface area is 195 Å². The number of aryl methyl sites for hydroxylation is 2. The van der Waals surface area contributed by atoms with Crippen LogP contribution >= 0.6 is 11.8 Å². The highest BCUT2D eigenvalue weighted by Crippen LogP contribution is 2.47. The van der Waals surface area contributed by atoms with Crippen LogP contribution in [0.15, 0.2) is 42.6 Å². The Morgan fingerprint density at radius 2 is 2.09 bits per heavy atom. The molecule has 0 spiro atoms. The summed E-state index contributed by atoms with van der Waals surface area (Å²) in [5.74, 6) is 8.46. The second-order valence-corrected chi connectivity index (χ2v) is 10.1. The molecule has 0 saturated heterocycles.